The van der Waals surface area contributed by atoms with Crippen molar-refractivity contribution in [3.8, 4) is 0 Å². The van der Waals surface area contributed by atoms with Crippen LogP contribution < -0.4 is 10.6 Å². The number of halogens is 4. The number of aliphatic imine (C=N–C) groups is 1. The van der Waals surface area contributed by atoms with E-state index in [-0.39, 0.29) is 49.7 Å². The molecule has 1 aromatic rings. The van der Waals surface area contributed by atoms with Crippen LogP contribution >= 0.6 is 0 Å². The number of sulfonamides is 1. The quantitative estimate of drug-likeness (QED) is 0.423. The number of guanidine groups is 1. The maximum atomic E-state index is 13.9. The molecule has 2 fully saturated rings. The van der Waals surface area contributed by atoms with Crippen molar-refractivity contribution >= 4 is 16.0 Å². The predicted molar refractivity (Wildman–Crippen MR) is 101 cm³/mol. The van der Waals surface area contributed by atoms with E-state index in [1.807, 2.05) is 6.92 Å². The highest BCUT2D eigenvalue weighted by atomic mass is 32.2. The number of nitrogens with zero attached hydrogens (tertiary/aromatic N) is 2. The number of alkyl halides is 3. The highest BCUT2D eigenvalue weighted by molar-refractivity contribution is 7.90. The summed E-state index contributed by atoms with van der Waals surface area (Å²) in [5, 5.41) is 6.41. The van der Waals surface area contributed by atoms with Crippen molar-refractivity contribution in [2.24, 2.45) is 4.99 Å². The van der Waals surface area contributed by atoms with Gasteiger partial charge in [0.05, 0.1) is 0 Å². The molecule has 0 bridgehead atoms. The summed E-state index contributed by atoms with van der Waals surface area (Å²) >= 11 is 0. The second kappa shape index (κ2) is 8.47. The smallest absolute Gasteiger partial charge is 0.354 e. The molecule has 0 radical (unpaired) electrons. The summed E-state index contributed by atoms with van der Waals surface area (Å²) in [6.07, 6.45) is 1.23. The zero-order chi connectivity index (χ0) is 21.2. The van der Waals surface area contributed by atoms with E-state index >= 15 is 0 Å². The van der Waals surface area contributed by atoms with Gasteiger partial charge in [0.25, 0.3) is 0 Å². The zero-order valence-corrected chi connectivity index (χ0v) is 16.7. The van der Waals surface area contributed by atoms with Crippen molar-refractivity contribution in [1.82, 2.24) is 14.9 Å². The van der Waals surface area contributed by atoms with Gasteiger partial charge >= 0.3 is 15.5 Å². The first kappa shape index (κ1) is 21.8. The molecule has 1 aliphatic heterocycles. The summed E-state index contributed by atoms with van der Waals surface area (Å²) in [5.41, 5.74) is -4.64. The molecular weight excluding hydrogens is 412 g/mol. The molecule has 2 unspecified atom stereocenters. The average Bonchev–Trinajstić information content (AvgIpc) is 3.40. The molecule has 1 aliphatic carbocycles. The fourth-order valence-electron chi connectivity index (χ4n) is 3.52. The highest BCUT2D eigenvalue weighted by Gasteiger charge is 2.50. The molecule has 29 heavy (non-hydrogen) atoms. The van der Waals surface area contributed by atoms with Crippen LogP contribution in [-0.2, 0) is 10.0 Å². The van der Waals surface area contributed by atoms with Crippen LogP contribution in [0.4, 0.5) is 17.6 Å². The maximum Gasteiger partial charge on any atom is 0.511 e. The molecular formula is C18H24F4N4O2S. The van der Waals surface area contributed by atoms with E-state index in [2.05, 4.69) is 15.6 Å². The van der Waals surface area contributed by atoms with E-state index in [4.69, 9.17) is 0 Å². The van der Waals surface area contributed by atoms with E-state index in [1.165, 1.54) is 6.07 Å². The minimum atomic E-state index is -5.29. The van der Waals surface area contributed by atoms with E-state index in [1.54, 1.807) is 18.2 Å². The van der Waals surface area contributed by atoms with Crippen LogP contribution in [0.15, 0.2) is 29.3 Å². The second-order valence-electron chi connectivity index (χ2n) is 7.21. The lowest BCUT2D eigenvalue weighted by Gasteiger charge is -2.32. The monoisotopic (exact) mass is 436 g/mol. The molecule has 11 heteroatoms. The van der Waals surface area contributed by atoms with Crippen LogP contribution in [0.3, 0.4) is 0 Å². The van der Waals surface area contributed by atoms with Gasteiger partial charge in [0.1, 0.15) is 5.82 Å². The normalized spacial score (nSPS) is 24.4. The Labute approximate surface area is 167 Å². The Bertz CT molecular complexity index is 852. The Morgan fingerprint density at radius 2 is 1.86 bits per heavy atom. The summed E-state index contributed by atoms with van der Waals surface area (Å²) < 4.78 is 75.4. The van der Waals surface area contributed by atoms with Gasteiger partial charge in [-0.25, -0.2) is 12.8 Å². The van der Waals surface area contributed by atoms with Crippen molar-refractivity contribution in [3.05, 3.63) is 35.6 Å². The molecule has 2 N–H and O–H groups in total. The second-order valence-corrected chi connectivity index (χ2v) is 9.14. The number of benzene rings is 1. The largest absolute Gasteiger partial charge is 0.511 e. The highest BCUT2D eigenvalue weighted by Crippen LogP contribution is 2.41. The maximum absolute atomic E-state index is 13.9. The van der Waals surface area contributed by atoms with Crippen molar-refractivity contribution < 1.29 is 26.0 Å². The Balaban J connectivity index is 1.54. The van der Waals surface area contributed by atoms with Crippen LogP contribution in [-0.4, -0.2) is 55.9 Å². The molecule has 3 rings (SSSR count). The Morgan fingerprint density at radius 3 is 2.45 bits per heavy atom. The van der Waals surface area contributed by atoms with Crippen LogP contribution in [0, 0.1) is 5.82 Å². The molecule has 1 heterocycles. The number of hydrogen-bond acceptors (Lipinski definition) is 3. The number of nitrogens with one attached hydrogen (secondary N) is 2. The van der Waals surface area contributed by atoms with Crippen LogP contribution in [0.25, 0.3) is 0 Å². The fraction of sp³-hybridized carbons (Fsp3) is 0.611. The van der Waals surface area contributed by atoms with Crippen LogP contribution in [0.5, 0.6) is 0 Å². The standard InChI is InChI=1S/C18H24F4N4O2S/c1-2-23-17(25-16-11-14(16)13-5-3-4-6-15(13)19)24-12-7-9-26(10-8-12)29(27,28)18(20,21)22/h3-6,12,14,16H,2,7-11H2,1H3,(H2,23,24,25). The minimum Gasteiger partial charge on any atom is -0.354 e. The van der Waals surface area contributed by atoms with Gasteiger partial charge in [0, 0.05) is 37.6 Å². The van der Waals surface area contributed by atoms with Gasteiger partial charge < -0.3 is 10.6 Å². The van der Waals surface area contributed by atoms with Crippen molar-refractivity contribution in [2.45, 2.75) is 49.7 Å². The first-order valence-corrected chi connectivity index (χ1v) is 11.0. The van der Waals surface area contributed by atoms with Crippen molar-refractivity contribution in [2.75, 3.05) is 19.6 Å². The molecule has 1 saturated heterocycles. The SMILES string of the molecule is CCN=C(NC1CCN(S(=O)(=O)C(F)(F)F)CC1)NC1CC1c1ccccc1F. The summed E-state index contributed by atoms with van der Waals surface area (Å²) in [5.74, 6) is 0.300. The van der Waals surface area contributed by atoms with E-state index < -0.39 is 15.5 Å². The van der Waals surface area contributed by atoms with Gasteiger partial charge in [-0.3, -0.25) is 4.99 Å². The third-order valence-electron chi connectivity index (χ3n) is 5.16. The van der Waals surface area contributed by atoms with Crippen molar-refractivity contribution in [1.29, 1.82) is 0 Å². The molecule has 0 aromatic heterocycles. The zero-order valence-electron chi connectivity index (χ0n) is 15.9. The Morgan fingerprint density at radius 1 is 1.21 bits per heavy atom. The van der Waals surface area contributed by atoms with Gasteiger partial charge in [-0.1, -0.05) is 18.2 Å². The summed E-state index contributed by atoms with van der Waals surface area (Å²) in [4.78, 5) is 4.34. The number of piperidine rings is 1. The number of rotatable bonds is 5. The molecule has 1 aromatic carbocycles. The lowest BCUT2D eigenvalue weighted by molar-refractivity contribution is -0.0494. The topological polar surface area (TPSA) is 73.8 Å². The lowest BCUT2D eigenvalue weighted by Crippen LogP contribution is -2.52. The van der Waals surface area contributed by atoms with E-state index in [0.29, 0.717) is 22.4 Å². The van der Waals surface area contributed by atoms with Gasteiger partial charge in [-0.05, 0) is 37.8 Å². The predicted octanol–water partition coefficient (Wildman–Crippen LogP) is 2.55. The molecule has 1 saturated carbocycles. The molecule has 0 amide bonds. The van der Waals surface area contributed by atoms with Gasteiger partial charge in [-0.2, -0.15) is 17.5 Å². The third-order valence-corrected chi connectivity index (χ3v) is 6.79. The molecule has 162 valence electrons. The van der Waals surface area contributed by atoms with Crippen LogP contribution in [0.2, 0.25) is 0 Å². The Kier molecular flexibility index (Phi) is 6.37. The van der Waals surface area contributed by atoms with E-state index in [0.717, 1.165) is 6.42 Å². The van der Waals surface area contributed by atoms with Crippen molar-refractivity contribution in [3.63, 3.8) is 0 Å². The van der Waals surface area contributed by atoms with E-state index in [9.17, 15) is 26.0 Å². The first-order valence-electron chi connectivity index (χ1n) is 9.52. The molecule has 2 atom stereocenters. The summed E-state index contributed by atoms with van der Waals surface area (Å²) in [6.45, 7) is 1.93. The van der Waals surface area contributed by atoms with Gasteiger partial charge in [0.15, 0.2) is 5.96 Å². The van der Waals surface area contributed by atoms with Crippen LogP contribution in [0.1, 0.15) is 37.7 Å². The molecule has 0 spiro atoms. The molecule has 6 nitrogen and oxygen atoms in total. The Hall–Kier alpha value is -1.88. The minimum absolute atomic E-state index is 0.0235. The average molecular weight is 436 g/mol. The third kappa shape index (κ3) is 5.00. The number of hydrogen-bond donors (Lipinski definition) is 2. The molecule has 2 aliphatic rings. The summed E-state index contributed by atoms with van der Waals surface area (Å²) in [6, 6.07) is 6.43. The lowest BCUT2D eigenvalue weighted by atomic mass is 10.1. The van der Waals surface area contributed by atoms with Gasteiger partial charge in [-0.15, -0.1) is 0 Å². The first-order chi connectivity index (χ1) is 13.6. The van der Waals surface area contributed by atoms with Gasteiger partial charge in [0.2, 0.25) is 0 Å². The fourth-order valence-corrected chi connectivity index (χ4v) is 4.51. The summed E-state index contributed by atoms with van der Waals surface area (Å²) in [7, 11) is -5.29.